The largest absolute Gasteiger partial charge is 0.279 e. The van der Waals surface area contributed by atoms with Crippen molar-refractivity contribution in [2.75, 3.05) is 11.4 Å². The van der Waals surface area contributed by atoms with E-state index in [1.807, 2.05) is 49.4 Å². The van der Waals surface area contributed by atoms with Crippen LogP contribution in [0.25, 0.3) is 10.2 Å². The molecule has 1 saturated heterocycles. The molecule has 37 heavy (non-hydrogen) atoms. The van der Waals surface area contributed by atoms with Gasteiger partial charge in [0.15, 0.2) is 5.13 Å². The molecule has 1 aliphatic heterocycles. The van der Waals surface area contributed by atoms with Crippen LogP contribution in [0.5, 0.6) is 0 Å². The second-order valence-corrected chi connectivity index (χ2v) is 12.4. The van der Waals surface area contributed by atoms with Crippen LogP contribution in [0, 0.1) is 0 Å². The molecule has 0 N–H and O–H groups in total. The van der Waals surface area contributed by atoms with Crippen molar-refractivity contribution < 1.29 is 13.2 Å². The highest BCUT2D eigenvalue weighted by Crippen LogP contribution is 2.33. The number of carbonyl (C=O) groups is 1. The summed E-state index contributed by atoms with van der Waals surface area (Å²) in [5.74, 6) is -0.212. The van der Waals surface area contributed by atoms with Gasteiger partial charge in [0, 0.05) is 18.2 Å². The van der Waals surface area contributed by atoms with E-state index in [4.69, 9.17) is 4.98 Å². The summed E-state index contributed by atoms with van der Waals surface area (Å²) in [6.45, 7) is 4.96. The third kappa shape index (κ3) is 5.19. The van der Waals surface area contributed by atoms with Crippen LogP contribution in [-0.4, -0.2) is 36.2 Å². The second kappa shape index (κ2) is 10.7. The second-order valence-electron chi connectivity index (χ2n) is 9.48. The van der Waals surface area contributed by atoms with E-state index < -0.39 is 10.0 Å². The van der Waals surface area contributed by atoms with Crippen LogP contribution < -0.4 is 4.90 Å². The Bertz CT molecular complexity index is 1500. The zero-order valence-electron chi connectivity index (χ0n) is 21.1. The van der Waals surface area contributed by atoms with Crippen LogP contribution in [0.1, 0.15) is 54.6 Å². The molecule has 1 aromatic heterocycles. The summed E-state index contributed by atoms with van der Waals surface area (Å²) in [6, 6.07) is 22.3. The molecule has 6 nitrogen and oxygen atoms in total. The molecule has 1 unspecified atom stereocenters. The van der Waals surface area contributed by atoms with Crippen LogP contribution in [-0.2, 0) is 23.0 Å². The van der Waals surface area contributed by atoms with Gasteiger partial charge in [0.05, 0.1) is 21.7 Å². The Morgan fingerprint density at radius 3 is 2.49 bits per heavy atom. The van der Waals surface area contributed by atoms with Crippen molar-refractivity contribution in [2.24, 2.45) is 0 Å². The zero-order valence-corrected chi connectivity index (χ0v) is 22.8. The van der Waals surface area contributed by atoms with Gasteiger partial charge in [-0.25, -0.2) is 13.4 Å². The van der Waals surface area contributed by atoms with Gasteiger partial charge in [0.2, 0.25) is 10.0 Å². The molecule has 1 fully saturated rings. The molecule has 0 bridgehead atoms. The number of fused-ring (bicyclic) bond motifs is 1. The maximum absolute atomic E-state index is 13.8. The SMILES string of the molecule is CCc1cccc2sc(N(Cc3ccccc3)C(=O)c3ccc(S(=O)(=O)N4CCCCC4C)cc3)nc12. The van der Waals surface area contributed by atoms with E-state index in [1.54, 1.807) is 33.5 Å². The smallest absolute Gasteiger partial charge is 0.260 e. The van der Waals surface area contributed by atoms with E-state index in [-0.39, 0.29) is 16.8 Å². The van der Waals surface area contributed by atoms with Gasteiger partial charge in [-0.2, -0.15) is 4.31 Å². The van der Waals surface area contributed by atoms with Crippen LogP contribution in [0.2, 0.25) is 0 Å². The van der Waals surface area contributed by atoms with Gasteiger partial charge in [0.25, 0.3) is 5.91 Å². The summed E-state index contributed by atoms with van der Waals surface area (Å²) in [4.78, 5) is 20.6. The molecule has 192 valence electrons. The summed E-state index contributed by atoms with van der Waals surface area (Å²) in [5, 5.41) is 0.628. The highest BCUT2D eigenvalue weighted by Gasteiger charge is 2.31. The van der Waals surface area contributed by atoms with Gasteiger partial charge >= 0.3 is 0 Å². The molecule has 0 radical (unpaired) electrons. The molecule has 1 aliphatic rings. The van der Waals surface area contributed by atoms with Gasteiger partial charge in [-0.15, -0.1) is 0 Å². The number of hydrogen-bond donors (Lipinski definition) is 0. The van der Waals surface area contributed by atoms with E-state index in [2.05, 4.69) is 13.0 Å². The molecule has 4 aromatic rings. The molecular weight excluding hydrogens is 502 g/mol. The molecule has 0 saturated carbocycles. The predicted molar refractivity (Wildman–Crippen MR) is 150 cm³/mol. The quantitative estimate of drug-likeness (QED) is 0.281. The molecule has 2 heterocycles. The summed E-state index contributed by atoms with van der Waals surface area (Å²) in [7, 11) is -3.60. The lowest BCUT2D eigenvalue weighted by Crippen LogP contribution is -2.41. The fourth-order valence-corrected chi connectivity index (χ4v) is 7.59. The number of hydrogen-bond acceptors (Lipinski definition) is 5. The van der Waals surface area contributed by atoms with Gasteiger partial charge in [-0.1, -0.05) is 67.1 Å². The molecule has 5 rings (SSSR count). The van der Waals surface area contributed by atoms with Crippen LogP contribution >= 0.6 is 11.3 Å². The van der Waals surface area contributed by atoms with E-state index >= 15 is 0 Å². The Morgan fingerprint density at radius 1 is 1.03 bits per heavy atom. The fourth-order valence-electron chi connectivity index (χ4n) is 4.88. The number of benzene rings is 3. The lowest BCUT2D eigenvalue weighted by Gasteiger charge is -2.32. The Labute approximate surface area is 222 Å². The molecular formula is C29H31N3O3S2. The molecule has 1 amide bonds. The van der Waals surface area contributed by atoms with Crippen molar-refractivity contribution in [1.82, 2.24) is 9.29 Å². The van der Waals surface area contributed by atoms with Crippen molar-refractivity contribution >= 4 is 42.6 Å². The highest BCUT2D eigenvalue weighted by atomic mass is 32.2. The number of aromatic nitrogens is 1. The van der Waals surface area contributed by atoms with Gasteiger partial charge in [-0.3, -0.25) is 9.69 Å². The van der Waals surface area contributed by atoms with E-state index in [1.165, 1.54) is 11.3 Å². The Kier molecular flexibility index (Phi) is 7.42. The first-order chi connectivity index (χ1) is 17.9. The van der Waals surface area contributed by atoms with Gasteiger partial charge < -0.3 is 0 Å². The summed E-state index contributed by atoms with van der Waals surface area (Å²) in [6.07, 6.45) is 3.64. The monoisotopic (exact) mass is 533 g/mol. The minimum atomic E-state index is -3.60. The number of carbonyl (C=O) groups excluding carboxylic acids is 1. The number of amides is 1. The zero-order chi connectivity index (χ0) is 26.0. The van der Waals surface area contributed by atoms with E-state index in [0.29, 0.717) is 23.8 Å². The Morgan fingerprint density at radius 2 is 1.78 bits per heavy atom. The lowest BCUT2D eigenvalue weighted by atomic mass is 10.1. The topological polar surface area (TPSA) is 70.6 Å². The number of nitrogens with zero attached hydrogens (tertiary/aromatic N) is 3. The average molecular weight is 534 g/mol. The van der Waals surface area contributed by atoms with Gasteiger partial charge in [0.1, 0.15) is 0 Å². The Balaban J connectivity index is 1.48. The first-order valence-electron chi connectivity index (χ1n) is 12.7. The predicted octanol–water partition coefficient (Wildman–Crippen LogP) is 6.27. The summed E-state index contributed by atoms with van der Waals surface area (Å²) >= 11 is 1.49. The highest BCUT2D eigenvalue weighted by molar-refractivity contribution is 7.89. The first-order valence-corrected chi connectivity index (χ1v) is 15.0. The molecule has 1 atom stereocenters. The summed E-state index contributed by atoms with van der Waals surface area (Å²) < 4.78 is 29.1. The maximum Gasteiger partial charge on any atom is 0.260 e. The number of rotatable bonds is 7. The number of para-hydroxylation sites is 1. The third-order valence-corrected chi connectivity index (χ3v) is 10.1. The number of piperidine rings is 1. The van der Waals surface area contributed by atoms with Crippen molar-refractivity contribution in [3.8, 4) is 0 Å². The normalized spacial score (nSPS) is 16.6. The number of thiazole rings is 1. The minimum Gasteiger partial charge on any atom is -0.279 e. The van der Waals surface area contributed by atoms with Crippen molar-refractivity contribution in [3.63, 3.8) is 0 Å². The standard InChI is InChI=1S/C29H31N3O3S2/c1-3-23-13-9-14-26-27(23)30-29(36-26)31(20-22-11-5-4-6-12-22)28(33)24-15-17-25(18-16-24)37(34,35)32-19-8-7-10-21(32)2/h4-6,9,11-18,21H,3,7-8,10,19-20H2,1-2H3. The maximum atomic E-state index is 13.8. The van der Waals surface area contributed by atoms with E-state index in [0.717, 1.165) is 47.0 Å². The minimum absolute atomic E-state index is 0.0199. The van der Waals surface area contributed by atoms with Crippen molar-refractivity contribution in [3.05, 3.63) is 89.5 Å². The number of aryl methyl sites for hydroxylation is 1. The van der Waals surface area contributed by atoms with Crippen molar-refractivity contribution in [2.45, 2.75) is 57.0 Å². The van der Waals surface area contributed by atoms with Crippen LogP contribution in [0.4, 0.5) is 5.13 Å². The van der Waals surface area contributed by atoms with Gasteiger partial charge in [-0.05, 0) is 67.6 Å². The number of anilines is 1. The van der Waals surface area contributed by atoms with Crippen LogP contribution in [0.15, 0.2) is 77.7 Å². The lowest BCUT2D eigenvalue weighted by molar-refractivity contribution is 0.0985. The summed E-state index contributed by atoms with van der Waals surface area (Å²) in [5.41, 5.74) is 3.49. The van der Waals surface area contributed by atoms with E-state index in [9.17, 15) is 13.2 Å². The molecule has 8 heteroatoms. The molecule has 0 spiro atoms. The molecule has 0 aliphatic carbocycles. The third-order valence-electron chi connectivity index (χ3n) is 6.98. The average Bonchev–Trinajstić information content (AvgIpc) is 3.36. The Hall–Kier alpha value is -3.07. The molecule has 3 aromatic carbocycles. The fraction of sp³-hybridized carbons (Fsp3) is 0.310. The first kappa shape index (κ1) is 25.6. The van der Waals surface area contributed by atoms with Crippen molar-refractivity contribution in [1.29, 1.82) is 0 Å². The number of sulfonamides is 1. The van der Waals surface area contributed by atoms with Crippen LogP contribution in [0.3, 0.4) is 0 Å².